The lowest BCUT2D eigenvalue weighted by molar-refractivity contribution is 0.189. The van der Waals surface area contributed by atoms with Crippen LogP contribution in [0.2, 0.25) is 0 Å². The number of hydrogen-bond acceptors (Lipinski definition) is 3. The summed E-state index contributed by atoms with van der Waals surface area (Å²) < 4.78 is 0. The van der Waals surface area contributed by atoms with Gasteiger partial charge in [-0.25, -0.2) is 0 Å². The van der Waals surface area contributed by atoms with Gasteiger partial charge in [0, 0.05) is 25.2 Å². The van der Waals surface area contributed by atoms with Gasteiger partial charge >= 0.3 is 0 Å². The summed E-state index contributed by atoms with van der Waals surface area (Å²) in [4.78, 5) is 5.11. The fourth-order valence-electron chi connectivity index (χ4n) is 3.29. The van der Waals surface area contributed by atoms with Crippen LogP contribution in [0.25, 0.3) is 0 Å². The van der Waals surface area contributed by atoms with E-state index in [2.05, 4.69) is 35.9 Å². The maximum atomic E-state index is 5.89. The van der Waals surface area contributed by atoms with Crippen molar-refractivity contribution in [3.63, 3.8) is 0 Å². The van der Waals surface area contributed by atoms with Gasteiger partial charge in [0.25, 0.3) is 0 Å². The molecule has 0 saturated carbocycles. The molecule has 98 valence electrons. The molecule has 17 heavy (non-hydrogen) atoms. The highest BCUT2D eigenvalue weighted by Crippen LogP contribution is 2.20. The van der Waals surface area contributed by atoms with Gasteiger partial charge in [-0.2, -0.15) is 0 Å². The first-order chi connectivity index (χ1) is 8.19. The van der Waals surface area contributed by atoms with Gasteiger partial charge in [-0.05, 0) is 45.3 Å². The van der Waals surface area contributed by atoms with Crippen LogP contribution in [0.5, 0.6) is 0 Å². The van der Waals surface area contributed by atoms with Gasteiger partial charge in [0.1, 0.15) is 0 Å². The molecule has 3 nitrogen and oxygen atoms in total. The van der Waals surface area contributed by atoms with E-state index >= 15 is 0 Å². The third-order valence-electron chi connectivity index (χ3n) is 4.18. The minimum atomic E-state index is 0.298. The van der Waals surface area contributed by atoms with Crippen LogP contribution in [0.1, 0.15) is 26.2 Å². The Morgan fingerprint density at radius 2 is 2.18 bits per heavy atom. The van der Waals surface area contributed by atoms with E-state index in [1.807, 2.05) is 0 Å². The lowest BCUT2D eigenvalue weighted by Gasteiger charge is -2.29. The molecule has 0 radical (unpaired) electrons. The lowest BCUT2D eigenvalue weighted by atomic mass is 10.1. The van der Waals surface area contributed by atoms with E-state index in [9.17, 15) is 0 Å². The van der Waals surface area contributed by atoms with Crippen molar-refractivity contribution in [3.05, 3.63) is 12.2 Å². The van der Waals surface area contributed by atoms with Crippen molar-refractivity contribution in [2.75, 3.05) is 33.2 Å². The average molecular weight is 237 g/mol. The minimum Gasteiger partial charge on any atom is -0.324 e. The highest BCUT2D eigenvalue weighted by molar-refractivity contribution is 5.05. The molecule has 0 aromatic carbocycles. The molecule has 1 aliphatic carbocycles. The van der Waals surface area contributed by atoms with Gasteiger partial charge in [0.2, 0.25) is 0 Å². The Kier molecular flexibility index (Phi) is 4.60. The molecule has 2 rings (SSSR count). The van der Waals surface area contributed by atoms with Crippen molar-refractivity contribution >= 4 is 0 Å². The zero-order chi connectivity index (χ0) is 12.3. The number of nitrogens with two attached hydrogens (primary N) is 1. The first-order valence-corrected chi connectivity index (χ1v) is 7.05. The van der Waals surface area contributed by atoms with Gasteiger partial charge in [0.15, 0.2) is 0 Å². The van der Waals surface area contributed by atoms with Crippen LogP contribution in [0.15, 0.2) is 12.2 Å². The highest BCUT2D eigenvalue weighted by atomic mass is 15.2. The van der Waals surface area contributed by atoms with Crippen molar-refractivity contribution in [1.82, 2.24) is 9.80 Å². The van der Waals surface area contributed by atoms with Crippen LogP contribution in [-0.4, -0.2) is 55.1 Å². The third-order valence-corrected chi connectivity index (χ3v) is 4.18. The topological polar surface area (TPSA) is 32.5 Å². The standard InChI is InChI=1S/C14H27N3/c1-3-17-8-4-5-14(17)11-16(2)10-12-6-7-13(15)9-12/h6-7,12-14H,3-5,8-11,15H2,1-2H3. The number of likely N-dealkylation sites (N-methyl/N-ethyl adjacent to an activating group) is 2. The molecule has 0 aromatic heterocycles. The second kappa shape index (κ2) is 5.98. The molecule has 3 heteroatoms. The van der Waals surface area contributed by atoms with Crippen LogP contribution in [0.4, 0.5) is 0 Å². The lowest BCUT2D eigenvalue weighted by Crippen LogP contribution is -2.40. The molecule has 1 heterocycles. The molecular formula is C14H27N3. The molecule has 3 atom stereocenters. The fraction of sp³-hybridized carbons (Fsp3) is 0.857. The van der Waals surface area contributed by atoms with Crippen molar-refractivity contribution in [2.24, 2.45) is 11.7 Å². The van der Waals surface area contributed by atoms with Crippen molar-refractivity contribution in [1.29, 1.82) is 0 Å². The maximum Gasteiger partial charge on any atom is 0.0229 e. The normalized spacial score (nSPS) is 34.0. The van der Waals surface area contributed by atoms with Crippen molar-refractivity contribution in [3.8, 4) is 0 Å². The second-order valence-electron chi connectivity index (χ2n) is 5.69. The Hall–Kier alpha value is -0.380. The van der Waals surface area contributed by atoms with Crippen molar-refractivity contribution < 1.29 is 0 Å². The smallest absolute Gasteiger partial charge is 0.0229 e. The summed E-state index contributed by atoms with van der Waals surface area (Å²) >= 11 is 0. The molecular weight excluding hydrogens is 210 g/mol. The molecule has 2 N–H and O–H groups in total. The second-order valence-corrected chi connectivity index (χ2v) is 5.69. The molecule has 1 fully saturated rings. The summed E-state index contributed by atoms with van der Waals surface area (Å²) in [7, 11) is 2.25. The molecule has 3 unspecified atom stereocenters. The van der Waals surface area contributed by atoms with E-state index in [1.165, 1.54) is 32.5 Å². The number of likely N-dealkylation sites (tertiary alicyclic amines) is 1. The first-order valence-electron chi connectivity index (χ1n) is 7.05. The summed E-state index contributed by atoms with van der Waals surface area (Å²) in [6, 6.07) is 1.08. The number of nitrogens with zero attached hydrogens (tertiary/aromatic N) is 2. The highest BCUT2D eigenvalue weighted by Gasteiger charge is 2.25. The van der Waals surface area contributed by atoms with Gasteiger partial charge in [-0.3, -0.25) is 4.90 Å². The zero-order valence-electron chi connectivity index (χ0n) is 11.3. The number of rotatable bonds is 5. The van der Waals surface area contributed by atoms with E-state index < -0.39 is 0 Å². The summed E-state index contributed by atoms with van der Waals surface area (Å²) in [5.41, 5.74) is 5.89. The van der Waals surface area contributed by atoms with Crippen LogP contribution < -0.4 is 5.73 Å². The first kappa shape index (κ1) is 13.1. The molecule has 0 spiro atoms. The Labute approximate surface area is 106 Å². The van der Waals surface area contributed by atoms with Crippen LogP contribution in [0, 0.1) is 5.92 Å². The van der Waals surface area contributed by atoms with Crippen LogP contribution >= 0.6 is 0 Å². The van der Waals surface area contributed by atoms with E-state index in [0.29, 0.717) is 12.0 Å². The van der Waals surface area contributed by atoms with E-state index in [4.69, 9.17) is 5.73 Å². The van der Waals surface area contributed by atoms with Gasteiger partial charge < -0.3 is 10.6 Å². The maximum absolute atomic E-state index is 5.89. The minimum absolute atomic E-state index is 0.298. The molecule has 0 aromatic rings. The molecule has 0 amide bonds. The molecule has 1 aliphatic heterocycles. The molecule has 0 bridgehead atoms. The van der Waals surface area contributed by atoms with Crippen molar-refractivity contribution in [2.45, 2.75) is 38.3 Å². The quantitative estimate of drug-likeness (QED) is 0.732. The third kappa shape index (κ3) is 3.54. The Balaban J connectivity index is 1.73. The zero-order valence-corrected chi connectivity index (χ0v) is 11.3. The summed E-state index contributed by atoms with van der Waals surface area (Å²) in [5, 5.41) is 0. The summed E-state index contributed by atoms with van der Waals surface area (Å²) in [5.74, 6) is 0.673. The van der Waals surface area contributed by atoms with Gasteiger partial charge in [0.05, 0.1) is 0 Å². The van der Waals surface area contributed by atoms with Crippen LogP contribution in [0.3, 0.4) is 0 Å². The molecule has 1 saturated heterocycles. The number of hydrogen-bond donors (Lipinski definition) is 1. The van der Waals surface area contributed by atoms with Gasteiger partial charge in [-0.15, -0.1) is 0 Å². The Morgan fingerprint density at radius 1 is 1.35 bits per heavy atom. The Bertz CT molecular complexity index is 264. The SMILES string of the molecule is CCN1CCCC1CN(C)CC1C=CC(N)C1. The average Bonchev–Trinajstić information content (AvgIpc) is 2.87. The largest absolute Gasteiger partial charge is 0.324 e. The summed E-state index contributed by atoms with van der Waals surface area (Å²) in [6.07, 6.45) is 8.34. The fourth-order valence-corrected chi connectivity index (χ4v) is 3.29. The summed E-state index contributed by atoms with van der Waals surface area (Å²) in [6.45, 7) is 7.15. The molecule has 2 aliphatic rings. The predicted molar refractivity (Wildman–Crippen MR) is 73.0 cm³/mol. The Morgan fingerprint density at radius 3 is 2.82 bits per heavy atom. The van der Waals surface area contributed by atoms with Gasteiger partial charge in [-0.1, -0.05) is 19.1 Å². The van der Waals surface area contributed by atoms with Crippen LogP contribution in [-0.2, 0) is 0 Å². The van der Waals surface area contributed by atoms with E-state index in [0.717, 1.165) is 19.0 Å². The van der Waals surface area contributed by atoms with E-state index in [-0.39, 0.29) is 0 Å². The monoisotopic (exact) mass is 237 g/mol. The van der Waals surface area contributed by atoms with E-state index in [1.54, 1.807) is 0 Å². The predicted octanol–water partition coefficient (Wildman–Crippen LogP) is 1.31.